The van der Waals surface area contributed by atoms with E-state index in [1.54, 1.807) is 13.2 Å². The van der Waals surface area contributed by atoms with Gasteiger partial charge in [-0.3, -0.25) is 0 Å². The molecule has 0 saturated carbocycles. The summed E-state index contributed by atoms with van der Waals surface area (Å²) in [5.74, 6) is 0.359. The summed E-state index contributed by atoms with van der Waals surface area (Å²) in [6.07, 6.45) is 1.59. The van der Waals surface area contributed by atoms with Crippen LogP contribution < -0.4 is 5.32 Å². The van der Waals surface area contributed by atoms with Crippen LogP contribution in [0.25, 0.3) is 0 Å². The fraction of sp³-hybridized carbons (Fsp3) is 0.500. The van der Waals surface area contributed by atoms with Gasteiger partial charge in [0.15, 0.2) is 5.69 Å². The van der Waals surface area contributed by atoms with Crippen LogP contribution in [-0.2, 0) is 4.74 Å². The van der Waals surface area contributed by atoms with E-state index in [0.29, 0.717) is 11.5 Å². The number of carbonyl (C=O) groups excluding carboxylic acids is 1. The van der Waals surface area contributed by atoms with E-state index in [4.69, 9.17) is 0 Å². The lowest BCUT2D eigenvalue weighted by molar-refractivity contribution is 0.0594. The van der Waals surface area contributed by atoms with Crippen molar-refractivity contribution in [3.05, 3.63) is 17.7 Å². The van der Waals surface area contributed by atoms with Crippen molar-refractivity contribution < 1.29 is 9.53 Å². The number of methoxy groups -OCH3 is 1. The Bertz CT molecular complexity index is 364. The Balaban J connectivity index is 3.19. The van der Waals surface area contributed by atoms with Crippen LogP contribution in [0.3, 0.4) is 0 Å². The molecule has 5 nitrogen and oxygen atoms in total. The molecule has 0 bridgehead atoms. The zero-order chi connectivity index (χ0) is 11.4. The predicted molar refractivity (Wildman–Crippen MR) is 57.0 cm³/mol. The first-order valence-corrected chi connectivity index (χ1v) is 4.73. The monoisotopic (exact) mass is 209 g/mol. The lowest BCUT2D eigenvalue weighted by Crippen LogP contribution is -2.12. The minimum atomic E-state index is -0.455. The van der Waals surface area contributed by atoms with Gasteiger partial charge in [0.1, 0.15) is 5.82 Å². The lowest BCUT2D eigenvalue weighted by atomic mass is 10.2. The number of carbonyl (C=O) groups is 1. The Morgan fingerprint density at radius 1 is 1.53 bits per heavy atom. The maximum atomic E-state index is 11.4. The first-order valence-electron chi connectivity index (χ1n) is 4.73. The molecule has 1 N–H and O–H groups in total. The highest BCUT2D eigenvalue weighted by molar-refractivity contribution is 5.93. The third-order valence-electron chi connectivity index (χ3n) is 1.97. The van der Waals surface area contributed by atoms with Gasteiger partial charge >= 0.3 is 5.97 Å². The van der Waals surface area contributed by atoms with Gasteiger partial charge in [-0.25, -0.2) is 14.8 Å². The molecule has 0 aliphatic carbocycles. The molecule has 1 aromatic rings. The van der Waals surface area contributed by atoms with Crippen LogP contribution in [-0.4, -0.2) is 30.1 Å². The van der Waals surface area contributed by atoms with Crippen LogP contribution in [0.1, 0.15) is 36.1 Å². The third-order valence-corrected chi connectivity index (χ3v) is 1.97. The third kappa shape index (κ3) is 2.43. The Kier molecular flexibility index (Phi) is 3.60. The van der Waals surface area contributed by atoms with Gasteiger partial charge in [-0.2, -0.15) is 0 Å². The minimum Gasteiger partial charge on any atom is -0.464 e. The molecule has 0 radical (unpaired) electrons. The van der Waals surface area contributed by atoms with Crippen molar-refractivity contribution in [1.29, 1.82) is 0 Å². The summed E-state index contributed by atoms with van der Waals surface area (Å²) < 4.78 is 4.64. The van der Waals surface area contributed by atoms with Crippen molar-refractivity contribution in [2.45, 2.75) is 19.8 Å². The van der Waals surface area contributed by atoms with Crippen molar-refractivity contribution in [2.75, 3.05) is 19.5 Å². The smallest absolute Gasteiger partial charge is 0.358 e. The topological polar surface area (TPSA) is 64.1 Å². The van der Waals surface area contributed by atoms with E-state index in [2.05, 4.69) is 20.0 Å². The molecule has 0 saturated heterocycles. The standard InChI is InChI=1S/C10H15N3O2/c1-6(2)9-12-5-7(11-3)8(13-9)10(14)15-4/h5-6,11H,1-4H3. The maximum Gasteiger partial charge on any atom is 0.358 e. The van der Waals surface area contributed by atoms with Crippen molar-refractivity contribution in [1.82, 2.24) is 9.97 Å². The van der Waals surface area contributed by atoms with Crippen LogP contribution in [0.15, 0.2) is 6.20 Å². The molecule has 1 aromatic heterocycles. The van der Waals surface area contributed by atoms with Crippen LogP contribution in [0, 0.1) is 0 Å². The Morgan fingerprint density at radius 2 is 2.20 bits per heavy atom. The summed E-state index contributed by atoms with van der Waals surface area (Å²) in [5, 5.41) is 2.85. The van der Waals surface area contributed by atoms with Gasteiger partial charge in [0, 0.05) is 13.0 Å². The van der Waals surface area contributed by atoms with Crippen LogP contribution in [0.2, 0.25) is 0 Å². The van der Waals surface area contributed by atoms with Crippen LogP contribution >= 0.6 is 0 Å². The largest absolute Gasteiger partial charge is 0.464 e. The highest BCUT2D eigenvalue weighted by Gasteiger charge is 2.15. The quantitative estimate of drug-likeness (QED) is 0.763. The molecule has 0 aromatic carbocycles. The van der Waals surface area contributed by atoms with E-state index in [1.807, 2.05) is 13.8 Å². The Hall–Kier alpha value is -1.65. The summed E-state index contributed by atoms with van der Waals surface area (Å²) in [6.45, 7) is 3.94. The highest BCUT2D eigenvalue weighted by atomic mass is 16.5. The van der Waals surface area contributed by atoms with Gasteiger partial charge in [0.05, 0.1) is 19.0 Å². The first-order chi connectivity index (χ1) is 7.10. The second-order valence-corrected chi connectivity index (χ2v) is 3.39. The second kappa shape index (κ2) is 4.72. The maximum absolute atomic E-state index is 11.4. The molecule has 0 spiro atoms. The zero-order valence-electron chi connectivity index (χ0n) is 9.37. The van der Waals surface area contributed by atoms with Gasteiger partial charge in [-0.1, -0.05) is 13.8 Å². The van der Waals surface area contributed by atoms with Gasteiger partial charge in [0.2, 0.25) is 0 Å². The second-order valence-electron chi connectivity index (χ2n) is 3.39. The van der Waals surface area contributed by atoms with E-state index in [9.17, 15) is 4.79 Å². The number of esters is 1. The summed E-state index contributed by atoms with van der Waals surface area (Å²) >= 11 is 0. The van der Waals surface area contributed by atoms with E-state index in [0.717, 1.165) is 0 Å². The van der Waals surface area contributed by atoms with Crippen LogP contribution in [0.4, 0.5) is 5.69 Å². The molecule has 5 heteroatoms. The Morgan fingerprint density at radius 3 is 2.67 bits per heavy atom. The SMILES string of the molecule is CNc1cnc(C(C)C)nc1C(=O)OC. The number of hydrogen-bond acceptors (Lipinski definition) is 5. The van der Waals surface area contributed by atoms with Gasteiger partial charge in [-0.15, -0.1) is 0 Å². The molecule has 0 aliphatic heterocycles. The molecule has 1 heterocycles. The van der Waals surface area contributed by atoms with E-state index < -0.39 is 5.97 Å². The number of anilines is 1. The molecule has 15 heavy (non-hydrogen) atoms. The molecular formula is C10H15N3O2. The fourth-order valence-corrected chi connectivity index (χ4v) is 1.11. The number of rotatable bonds is 3. The van der Waals surface area contributed by atoms with Crippen molar-refractivity contribution in [2.24, 2.45) is 0 Å². The fourth-order valence-electron chi connectivity index (χ4n) is 1.11. The van der Waals surface area contributed by atoms with Gasteiger partial charge < -0.3 is 10.1 Å². The number of hydrogen-bond donors (Lipinski definition) is 1. The van der Waals surface area contributed by atoms with E-state index in [-0.39, 0.29) is 11.6 Å². The number of nitrogens with zero attached hydrogens (tertiary/aromatic N) is 2. The first kappa shape index (κ1) is 11.4. The number of nitrogens with one attached hydrogen (secondary N) is 1. The van der Waals surface area contributed by atoms with Crippen molar-refractivity contribution in [3.63, 3.8) is 0 Å². The summed E-state index contributed by atoms with van der Waals surface area (Å²) in [7, 11) is 3.04. The minimum absolute atomic E-state index is 0.180. The van der Waals surface area contributed by atoms with E-state index in [1.165, 1.54) is 7.11 Å². The zero-order valence-corrected chi connectivity index (χ0v) is 9.37. The molecule has 0 atom stereocenters. The van der Waals surface area contributed by atoms with Crippen LogP contribution in [0.5, 0.6) is 0 Å². The summed E-state index contributed by atoms with van der Waals surface area (Å²) in [4.78, 5) is 19.7. The molecular weight excluding hydrogens is 194 g/mol. The summed E-state index contributed by atoms with van der Waals surface area (Å²) in [5.41, 5.74) is 0.852. The Labute approximate surface area is 88.9 Å². The lowest BCUT2D eigenvalue weighted by Gasteiger charge is -2.09. The number of ether oxygens (including phenoxy) is 1. The molecule has 82 valence electrons. The van der Waals surface area contributed by atoms with Gasteiger partial charge in [0.25, 0.3) is 0 Å². The van der Waals surface area contributed by atoms with Crippen molar-refractivity contribution in [3.8, 4) is 0 Å². The van der Waals surface area contributed by atoms with Gasteiger partial charge in [-0.05, 0) is 0 Å². The molecule has 0 aliphatic rings. The molecule has 0 amide bonds. The molecule has 0 fully saturated rings. The highest BCUT2D eigenvalue weighted by Crippen LogP contribution is 2.16. The van der Waals surface area contributed by atoms with Crippen molar-refractivity contribution >= 4 is 11.7 Å². The van der Waals surface area contributed by atoms with E-state index >= 15 is 0 Å². The predicted octanol–water partition coefficient (Wildman–Crippen LogP) is 1.43. The molecule has 0 unspecified atom stereocenters. The number of aromatic nitrogens is 2. The molecule has 1 rings (SSSR count). The average Bonchev–Trinajstić information content (AvgIpc) is 2.27. The normalized spacial score (nSPS) is 10.2. The summed E-state index contributed by atoms with van der Waals surface area (Å²) in [6, 6.07) is 0. The average molecular weight is 209 g/mol.